The van der Waals surface area contributed by atoms with Crippen LogP contribution in [0.25, 0.3) is 0 Å². The van der Waals surface area contributed by atoms with Crippen LogP contribution in [0.2, 0.25) is 0 Å². The lowest BCUT2D eigenvalue weighted by Gasteiger charge is -2.39. The first kappa shape index (κ1) is 14.3. The van der Waals surface area contributed by atoms with Crippen molar-refractivity contribution in [2.24, 2.45) is 5.73 Å². The molecule has 1 rings (SSSR count). The van der Waals surface area contributed by atoms with Gasteiger partial charge in [-0.2, -0.15) is 0 Å². The lowest BCUT2D eigenvalue weighted by atomic mass is 9.98. The Balaban J connectivity index is 2.74. The number of carbonyl (C=O) groups is 1. The summed E-state index contributed by atoms with van der Waals surface area (Å²) in [6.07, 6.45) is -8.23. The Kier molecular flexibility index (Phi) is 4.80. The van der Waals surface area contributed by atoms with Gasteiger partial charge in [0.25, 0.3) is 0 Å². The zero-order valence-electron chi connectivity index (χ0n) is 9.26. The van der Waals surface area contributed by atoms with Gasteiger partial charge in [0.05, 0.1) is 12.7 Å². The Labute approximate surface area is 97.6 Å². The second-order valence-electron chi connectivity index (χ2n) is 3.93. The third-order valence-electron chi connectivity index (χ3n) is 2.47. The number of hydrogen-bond donors (Lipinski definition) is 5. The van der Waals surface area contributed by atoms with Crippen molar-refractivity contribution < 1.29 is 34.7 Å². The van der Waals surface area contributed by atoms with Crippen LogP contribution in [0, 0.1) is 0 Å². The molecule has 0 saturated carbocycles. The van der Waals surface area contributed by atoms with E-state index < -0.39 is 42.7 Å². The number of amides is 1. The van der Waals surface area contributed by atoms with Gasteiger partial charge in [-0.3, -0.25) is 4.79 Å². The summed E-state index contributed by atoms with van der Waals surface area (Å²) in [7, 11) is 0. The van der Waals surface area contributed by atoms with Crippen molar-refractivity contribution in [2.75, 3.05) is 6.61 Å². The molecule has 17 heavy (non-hydrogen) atoms. The molecule has 0 spiro atoms. The van der Waals surface area contributed by atoms with Gasteiger partial charge < -0.3 is 35.6 Å². The lowest BCUT2D eigenvalue weighted by molar-refractivity contribution is -0.301. The molecule has 1 aliphatic rings. The van der Waals surface area contributed by atoms with Gasteiger partial charge in [0.1, 0.15) is 18.3 Å². The van der Waals surface area contributed by atoms with Crippen molar-refractivity contribution in [1.29, 1.82) is 0 Å². The largest absolute Gasteiger partial charge is 0.394 e. The van der Waals surface area contributed by atoms with E-state index in [9.17, 15) is 20.1 Å². The fourth-order valence-corrected chi connectivity index (χ4v) is 1.47. The number of aliphatic hydroxyl groups excluding tert-OH is 4. The molecule has 6 N–H and O–H groups in total. The summed E-state index contributed by atoms with van der Waals surface area (Å²) in [4.78, 5) is 11.0. The zero-order valence-corrected chi connectivity index (χ0v) is 9.26. The average Bonchev–Trinajstić information content (AvgIpc) is 2.29. The summed E-state index contributed by atoms with van der Waals surface area (Å²) in [5, 5.41) is 37.3. The number of primary amides is 1. The van der Waals surface area contributed by atoms with E-state index in [1.54, 1.807) is 0 Å². The minimum atomic E-state index is -1.62. The van der Waals surface area contributed by atoms with Gasteiger partial charge in [-0.15, -0.1) is 0 Å². The summed E-state index contributed by atoms with van der Waals surface area (Å²) in [5.74, 6) is -0.978. The second-order valence-corrected chi connectivity index (χ2v) is 3.93. The lowest BCUT2D eigenvalue weighted by Crippen LogP contribution is -2.62. The summed E-state index contributed by atoms with van der Waals surface area (Å²) in [6, 6.07) is 0. The van der Waals surface area contributed by atoms with Crippen LogP contribution in [0.15, 0.2) is 0 Å². The standard InChI is InChI=1S/C9H17NO7/c1-3(2-11)16-9-6(14)4(12)5(13)7(17-9)8(10)15/h3-7,9,11-14H,2H2,1H3,(H2,10,15)/t3?,4?,5-,6+,7?,9+/m1/s1. The fourth-order valence-electron chi connectivity index (χ4n) is 1.47. The molecule has 1 aliphatic heterocycles. The number of ether oxygens (including phenoxy) is 2. The quantitative estimate of drug-likeness (QED) is 0.352. The SMILES string of the molecule is CC(CO)O[C@H]1OC(C(N)=O)[C@H](O)C(O)[C@@H]1O. The third kappa shape index (κ3) is 3.12. The topological polar surface area (TPSA) is 142 Å². The van der Waals surface area contributed by atoms with Gasteiger partial charge in [-0.05, 0) is 6.92 Å². The van der Waals surface area contributed by atoms with E-state index in [0.717, 1.165) is 0 Å². The summed E-state index contributed by atoms with van der Waals surface area (Å²) >= 11 is 0. The van der Waals surface area contributed by atoms with E-state index in [-0.39, 0.29) is 6.61 Å². The van der Waals surface area contributed by atoms with Gasteiger partial charge >= 0.3 is 0 Å². The number of hydrogen-bond acceptors (Lipinski definition) is 7. The highest BCUT2D eigenvalue weighted by Crippen LogP contribution is 2.22. The first-order chi connectivity index (χ1) is 7.88. The smallest absolute Gasteiger partial charge is 0.249 e. The highest BCUT2D eigenvalue weighted by atomic mass is 16.7. The highest BCUT2D eigenvalue weighted by Gasteiger charge is 2.46. The Morgan fingerprint density at radius 1 is 1.35 bits per heavy atom. The molecule has 1 heterocycles. The number of carbonyl (C=O) groups excluding carboxylic acids is 1. The normalized spacial score (nSPS) is 39.9. The van der Waals surface area contributed by atoms with Crippen molar-refractivity contribution in [3.05, 3.63) is 0 Å². The highest BCUT2D eigenvalue weighted by molar-refractivity contribution is 5.79. The van der Waals surface area contributed by atoms with Gasteiger partial charge in [0, 0.05) is 0 Å². The summed E-state index contributed by atoms with van der Waals surface area (Å²) in [6.45, 7) is 1.18. The Hall–Kier alpha value is -0.770. The van der Waals surface area contributed by atoms with Crippen LogP contribution in [-0.4, -0.2) is 69.8 Å². The van der Waals surface area contributed by atoms with Crippen molar-refractivity contribution in [3.8, 4) is 0 Å². The molecule has 3 unspecified atom stereocenters. The van der Waals surface area contributed by atoms with Crippen LogP contribution in [-0.2, 0) is 14.3 Å². The van der Waals surface area contributed by atoms with Gasteiger partial charge in [-0.1, -0.05) is 0 Å². The fraction of sp³-hybridized carbons (Fsp3) is 0.889. The monoisotopic (exact) mass is 251 g/mol. The summed E-state index contributed by atoms with van der Waals surface area (Å²) in [5.41, 5.74) is 4.97. The molecule has 1 saturated heterocycles. The Morgan fingerprint density at radius 3 is 2.41 bits per heavy atom. The molecule has 0 bridgehead atoms. The predicted molar refractivity (Wildman–Crippen MR) is 53.5 cm³/mol. The molecular weight excluding hydrogens is 234 g/mol. The molecule has 0 aromatic carbocycles. The maximum Gasteiger partial charge on any atom is 0.249 e. The molecule has 6 atom stereocenters. The maximum atomic E-state index is 11.0. The van der Waals surface area contributed by atoms with Gasteiger partial charge in [0.15, 0.2) is 12.4 Å². The van der Waals surface area contributed by atoms with E-state index in [1.807, 2.05) is 0 Å². The van der Waals surface area contributed by atoms with Crippen molar-refractivity contribution in [2.45, 2.75) is 43.7 Å². The minimum absolute atomic E-state index is 0.327. The molecule has 8 nitrogen and oxygen atoms in total. The van der Waals surface area contributed by atoms with E-state index in [1.165, 1.54) is 6.92 Å². The van der Waals surface area contributed by atoms with Crippen molar-refractivity contribution >= 4 is 5.91 Å². The zero-order chi connectivity index (χ0) is 13.2. The van der Waals surface area contributed by atoms with Crippen LogP contribution < -0.4 is 5.73 Å². The number of nitrogens with two attached hydrogens (primary N) is 1. The van der Waals surface area contributed by atoms with E-state index >= 15 is 0 Å². The van der Waals surface area contributed by atoms with Crippen LogP contribution in [0.5, 0.6) is 0 Å². The van der Waals surface area contributed by atoms with E-state index in [0.29, 0.717) is 0 Å². The number of rotatable bonds is 4. The predicted octanol–water partition coefficient (Wildman–Crippen LogP) is -3.32. The Bertz CT molecular complexity index is 274. The molecular formula is C9H17NO7. The molecule has 1 fully saturated rings. The van der Waals surface area contributed by atoms with Crippen LogP contribution in [0.1, 0.15) is 6.92 Å². The third-order valence-corrected chi connectivity index (χ3v) is 2.47. The number of aliphatic hydroxyl groups is 4. The molecule has 0 radical (unpaired) electrons. The molecule has 0 aromatic heterocycles. The average molecular weight is 251 g/mol. The van der Waals surface area contributed by atoms with Crippen LogP contribution in [0.3, 0.4) is 0 Å². The minimum Gasteiger partial charge on any atom is -0.394 e. The molecule has 0 aliphatic carbocycles. The maximum absolute atomic E-state index is 11.0. The van der Waals surface area contributed by atoms with Crippen molar-refractivity contribution in [3.63, 3.8) is 0 Å². The van der Waals surface area contributed by atoms with E-state index in [4.69, 9.17) is 20.3 Å². The van der Waals surface area contributed by atoms with Gasteiger partial charge in [0.2, 0.25) is 5.91 Å². The first-order valence-electron chi connectivity index (χ1n) is 5.13. The first-order valence-corrected chi connectivity index (χ1v) is 5.13. The molecule has 100 valence electrons. The van der Waals surface area contributed by atoms with E-state index in [2.05, 4.69) is 0 Å². The molecule has 0 aromatic rings. The molecule has 8 heteroatoms. The molecule has 1 amide bonds. The van der Waals surface area contributed by atoms with Gasteiger partial charge in [-0.25, -0.2) is 0 Å². The second kappa shape index (κ2) is 5.71. The Morgan fingerprint density at radius 2 is 1.94 bits per heavy atom. The van der Waals surface area contributed by atoms with Crippen LogP contribution >= 0.6 is 0 Å². The van der Waals surface area contributed by atoms with Crippen molar-refractivity contribution in [1.82, 2.24) is 0 Å². The van der Waals surface area contributed by atoms with Crippen LogP contribution in [0.4, 0.5) is 0 Å². The summed E-state index contributed by atoms with van der Waals surface area (Å²) < 4.78 is 10.00.